The fraction of sp³-hybridized carbons (Fsp3) is 0.500. The Morgan fingerprint density at radius 1 is 1.20 bits per heavy atom. The molecule has 0 aromatic heterocycles. The van der Waals surface area contributed by atoms with E-state index in [1.54, 1.807) is 12.1 Å². The molecule has 0 aliphatic rings. The molecule has 6 nitrogen and oxygen atoms in total. The van der Waals surface area contributed by atoms with Crippen LogP contribution < -0.4 is 19.5 Å². The van der Waals surface area contributed by atoms with Crippen molar-refractivity contribution in [2.45, 2.75) is 19.4 Å². The highest BCUT2D eigenvalue weighted by atomic mass is 16.5. The highest BCUT2D eigenvalue weighted by molar-refractivity contribution is 5.95. The average Bonchev–Trinajstić information content (AvgIpc) is 2.50. The number of amides is 1. The third-order valence-electron chi connectivity index (χ3n) is 2.90. The van der Waals surface area contributed by atoms with Gasteiger partial charge in [0.05, 0.1) is 27.4 Å². The fourth-order valence-corrected chi connectivity index (χ4v) is 1.67. The van der Waals surface area contributed by atoms with Gasteiger partial charge in [0.1, 0.15) is 0 Å². The van der Waals surface area contributed by atoms with Gasteiger partial charge in [-0.05, 0) is 18.6 Å². The summed E-state index contributed by atoms with van der Waals surface area (Å²) in [5.74, 6) is 0.943. The van der Waals surface area contributed by atoms with Crippen LogP contribution in [0, 0.1) is 0 Å². The second-order valence-electron chi connectivity index (χ2n) is 4.19. The van der Waals surface area contributed by atoms with Crippen LogP contribution in [0.1, 0.15) is 23.7 Å². The predicted octanol–water partition coefficient (Wildman–Crippen LogP) is 1.21. The Balaban J connectivity index is 2.97. The van der Waals surface area contributed by atoms with Gasteiger partial charge in [0.25, 0.3) is 5.91 Å². The minimum Gasteiger partial charge on any atom is -0.493 e. The number of nitrogens with one attached hydrogen (secondary N) is 1. The van der Waals surface area contributed by atoms with Crippen LogP contribution in [0.15, 0.2) is 12.1 Å². The topological polar surface area (TPSA) is 77.0 Å². The summed E-state index contributed by atoms with van der Waals surface area (Å²) in [7, 11) is 4.47. The molecule has 112 valence electrons. The quantitative estimate of drug-likeness (QED) is 0.786. The largest absolute Gasteiger partial charge is 0.493 e. The Bertz CT molecular complexity index is 436. The van der Waals surface area contributed by atoms with Crippen LogP contribution in [0.25, 0.3) is 0 Å². The molecule has 1 aromatic carbocycles. The highest BCUT2D eigenvalue weighted by Gasteiger charge is 2.17. The van der Waals surface area contributed by atoms with E-state index in [1.807, 2.05) is 6.92 Å². The van der Waals surface area contributed by atoms with Crippen LogP contribution >= 0.6 is 0 Å². The average molecular weight is 283 g/mol. The van der Waals surface area contributed by atoms with Crippen LogP contribution in [0.5, 0.6) is 17.2 Å². The zero-order valence-electron chi connectivity index (χ0n) is 12.2. The predicted molar refractivity (Wildman–Crippen MR) is 74.7 cm³/mol. The van der Waals surface area contributed by atoms with Crippen molar-refractivity contribution in [2.24, 2.45) is 0 Å². The monoisotopic (exact) mass is 283 g/mol. The molecular weight excluding hydrogens is 262 g/mol. The van der Waals surface area contributed by atoms with E-state index in [9.17, 15) is 9.90 Å². The Labute approximate surface area is 118 Å². The van der Waals surface area contributed by atoms with Crippen LogP contribution in [-0.4, -0.2) is 45.0 Å². The van der Waals surface area contributed by atoms with Gasteiger partial charge in [-0.2, -0.15) is 0 Å². The summed E-state index contributed by atoms with van der Waals surface area (Å²) in [5.41, 5.74) is 0.378. The zero-order chi connectivity index (χ0) is 15.1. The van der Waals surface area contributed by atoms with Crippen molar-refractivity contribution in [2.75, 3.05) is 27.9 Å². The molecule has 0 spiro atoms. The molecule has 1 atom stereocenters. The van der Waals surface area contributed by atoms with Crippen LogP contribution in [0.2, 0.25) is 0 Å². The Kier molecular flexibility index (Phi) is 6.11. The molecule has 1 amide bonds. The number of rotatable bonds is 7. The third kappa shape index (κ3) is 3.77. The van der Waals surface area contributed by atoms with E-state index in [2.05, 4.69) is 5.32 Å². The molecule has 1 rings (SSSR count). The number of ether oxygens (including phenoxy) is 3. The van der Waals surface area contributed by atoms with E-state index in [0.717, 1.165) is 0 Å². The smallest absolute Gasteiger partial charge is 0.251 e. The molecule has 0 fully saturated rings. The Morgan fingerprint density at radius 3 is 2.15 bits per heavy atom. The van der Waals surface area contributed by atoms with Crippen molar-refractivity contribution in [1.82, 2.24) is 5.32 Å². The minimum atomic E-state index is -0.555. The molecule has 2 N–H and O–H groups in total. The first-order valence-corrected chi connectivity index (χ1v) is 6.33. The number of carbonyl (C=O) groups excluding carboxylic acids is 1. The second kappa shape index (κ2) is 7.59. The molecule has 20 heavy (non-hydrogen) atoms. The van der Waals surface area contributed by atoms with Gasteiger partial charge in [-0.3, -0.25) is 4.79 Å². The molecule has 0 bridgehead atoms. The van der Waals surface area contributed by atoms with Gasteiger partial charge >= 0.3 is 0 Å². The molecule has 6 heteroatoms. The van der Waals surface area contributed by atoms with Crippen LogP contribution in [0.4, 0.5) is 0 Å². The molecule has 0 saturated heterocycles. The summed E-state index contributed by atoms with van der Waals surface area (Å²) >= 11 is 0. The van der Waals surface area contributed by atoms with Crippen molar-refractivity contribution in [3.05, 3.63) is 17.7 Å². The van der Waals surface area contributed by atoms with Crippen LogP contribution in [0.3, 0.4) is 0 Å². The Hall–Kier alpha value is -1.95. The first-order chi connectivity index (χ1) is 9.57. The summed E-state index contributed by atoms with van der Waals surface area (Å²) in [6, 6.07) is 3.13. The molecule has 1 aromatic rings. The summed E-state index contributed by atoms with van der Waals surface area (Å²) in [6.07, 6.45) is 0.0243. The van der Waals surface area contributed by atoms with Gasteiger partial charge < -0.3 is 24.6 Å². The van der Waals surface area contributed by atoms with Crippen LogP contribution in [-0.2, 0) is 0 Å². The lowest BCUT2D eigenvalue weighted by Gasteiger charge is -2.14. The highest BCUT2D eigenvalue weighted by Crippen LogP contribution is 2.38. The van der Waals surface area contributed by atoms with Crippen molar-refractivity contribution in [1.29, 1.82) is 0 Å². The molecule has 0 heterocycles. The number of hydrogen-bond acceptors (Lipinski definition) is 5. The maximum Gasteiger partial charge on any atom is 0.251 e. The van der Waals surface area contributed by atoms with E-state index in [-0.39, 0.29) is 12.5 Å². The fourth-order valence-electron chi connectivity index (χ4n) is 1.67. The summed E-state index contributed by atoms with van der Waals surface area (Å²) in [4.78, 5) is 12.0. The summed E-state index contributed by atoms with van der Waals surface area (Å²) < 4.78 is 15.6. The van der Waals surface area contributed by atoms with E-state index < -0.39 is 6.10 Å². The first-order valence-electron chi connectivity index (χ1n) is 6.33. The first kappa shape index (κ1) is 16.1. The number of methoxy groups -OCH3 is 3. The molecule has 0 aliphatic carbocycles. The molecule has 1 unspecified atom stereocenters. The SMILES string of the molecule is CCC(O)CNC(=O)c1cc(OC)c(OC)c(OC)c1. The number of benzene rings is 1. The number of hydrogen-bond donors (Lipinski definition) is 2. The molecule has 0 aliphatic heterocycles. The molecule has 0 saturated carbocycles. The number of aliphatic hydroxyl groups excluding tert-OH is 1. The number of carbonyl (C=O) groups is 1. The lowest BCUT2D eigenvalue weighted by Crippen LogP contribution is -2.31. The van der Waals surface area contributed by atoms with Gasteiger partial charge in [0.15, 0.2) is 11.5 Å². The van der Waals surface area contributed by atoms with E-state index in [1.165, 1.54) is 21.3 Å². The van der Waals surface area contributed by atoms with Crippen molar-refractivity contribution in [3.63, 3.8) is 0 Å². The van der Waals surface area contributed by atoms with Crippen molar-refractivity contribution < 1.29 is 24.1 Å². The summed E-state index contributed by atoms with van der Waals surface area (Å²) in [6.45, 7) is 2.04. The second-order valence-corrected chi connectivity index (χ2v) is 4.19. The zero-order valence-corrected chi connectivity index (χ0v) is 12.2. The van der Waals surface area contributed by atoms with Gasteiger partial charge in [0, 0.05) is 12.1 Å². The minimum absolute atomic E-state index is 0.200. The molecule has 0 radical (unpaired) electrons. The van der Waals surface area contributed by atoms with Crippen molar-refractivity contribution >= 4 is 5.91 Å². The standard InChI is InChI=1S/C14H21NO5/c1-5-10(16)8-15-14(17)9-6-11(18-2)13(20-4)12(7-9)19-3/h6-7,10,16H,5,8H2,1-4H3,(H,15,17). The van der Waals surface area contributed by atoms with Gasteiger partial charge in [-0.25, -0.2) is 0 Å². The Morgan fingerprint density at radius 2 is 1.75 bits per heavy atom. The third-order valence-corrected chi connectivity index (χ3v) is 2.90. The van der Waals surface area contributed by atoms with Gasteiger partial charge in [0.2, 0.25) is 5.75 Å². The van der Waals surface area contributed by atoms with E-state index in [4.69, 9.17) is 14.2 Å². The summed E-state index contributed by atoms with van der Waals surface area (Å²) in [5, 5.41) is 12.1. The lowest BCUT2D eigenvalue weighted by molar-refractivity contribution is 0.0913. The maximum absolute atomic E-state index is 12.0. The maximum atomic E-state index is 12.0. The van der Waals surface area contributed by atoms with Gasteiger partial charge in [-0.15, -0.1) is 0 Å². The lowest BCUT2D eigenvalue weighted by atomic mass is 10.1. The van der Waals surface area contributed by atoms with E-state index >= 15 is 0 Å². The number of aliphatic hydroxyl groups is 1. The van der Waals surface area contributed by atoms with Crippen molar-refractivity contribution in [3.8, 4) is 17.2 Å². The normalized spacial score (nSPS) is 11.7. The van der Waals surface area contributed by atoms with E-state index in [0.29, 0.717) is 29.2 Å². The molecular formula is C14H21NO5. The van der Waals surface area contributed by atoms with Gasteiger partial charge in [-0.1, -0.05) is 6.92 Å².